The molecule has 3 N–H and O–H groups in total. The molecule has 1 saturated heterocycles. The molecule has 7 nitrogen and oxygen atoms in total. The molecule has 1 saturated carbocycles. The van der Waals surface area contributed by atoms with Gasteiger partial charge in [0.25, 0.3) is 0 Å². The maximum absolute atomic E-state index is 11.7. The summed E-state index contributed by atoms with van der Waals surface area (Å²) < 4.78 is 4.91. The summed E-state index contributed by atoms with van der Waals surface area (Å²) in [6.45, 7) is 6.34. The first-order valence-electron chi connectivity index (χ1n) is 8.77. The van der Waals surface area contributed by atoms with Crippen LogP contribution in [0.25, 0.3) is 0 Å². The number of hydrogen-bond acceptors (Lipinski definition) is 4. The summed E-state index contributed by atoms with van der Waals surface area (Å²) in [5.41, 5.74) is 0. The third kappa shape index (κ3) is 6.74. The third-order valence-electron chi connectivity index (χ3n) is 4.29. The fourth-order valence-corrected chi connectivity index (χ4v) is 2.86. The summed E-state index contributed by atoms with van der Waals surface area (Å²) in [5.74, 6) is 0.655. The number of rotatable bonds is 8. The Balaban J connectivity index is 1.71. The molecule has 1 aliphatic heterocycles. The second-order valence-corrected chi connectivity index (χ2v) is 6.22. The van der Waals surface area contributed by atoms with E-state index in [0.717, 1.165) is 31.4 Å². The zero-order valence-corrected chi connectivity index (χ0v) is 14.4. The number of amides is 1. The quantitative estimate of drug-likeness (QED) is 0.331. The van der Waals surface area contributed by atoms with Gasteiger partial charge in [0.05, 0.1) is 6.61 Å². The SMILES string of the molecule is CCNC(=NCC(=O)NCCOC)NC1CCN(C2CC2)CC1. The van der Waals surface area contributed by atoms with Crippen LogP contribution in [-0.4, -0.2) is 75.3 Å². The van der Waals surface area contributed by atoms with E-state index in [4.69, 9.17) is 4.74 Å². The van der Waals surface area contributed by atoms with Crippen LogP contribution in [0.3, 0.4) is 0 Å². The fraction of sp³-hybridized carbons (Fsp3) is 0.875. The summed E-state index contributed by atoms with van der Waals surface area (Å²) >= 11 is 0. The van der Waals surface area contributed by atoms with Crippen molar-refractivity contribution < 1.29 is 9.53 Å². The standard InChI is InChI=1S/C16H31N5O2/c1-3-17-16(19-12-15(22)18-8-11-23-2)20-13-6-9-21(10-7-13)14-4-5-14/h13-14H,3-12H2,1-2H3,(H,18,22)(H2,17,19,20). The van der Waals surface area contributed by atoms with E-state index >= 15 is 0 Å². The molecule has 0 spiro atoms. The number of hydrogen-bond donors (Lipinski definition) is 3. The number of nitrogens with zero attached hydrogens (tertiary/aromatic N) is 2. The maximum Gasteiger partial charge on any atom is 0.241 e. The molecule has 2 rings (SSSR count). The van der Waals surface area contributed by atoms with E-state index in [1.165, 1.54) is 25.9 Å². The van der Waals surface area contributed by atoms with Crippen LogP contribution >= 0.6 is 0 Å². The van der Waals surface area contributed by atoms with Crippen molar-refractivity contribution in [3.8, 4) is 0 Å². The molecule has 0 atom stereocenters. The Hall–Kier alpha value is -1.34. The summed E-state index contributed by atoms with van der Waals surface area (Å²) in [6.07, 6.45) is 5.03. The number of piperidine rings is 1. The largest absolute Gasteiger partial charge is 0.383 e. The molecule has 7 heteroatoms. The lowest BCUT2D eigenvalue weighted by atomic mass is 10.1. The summed E-state index contributed by atoms with van der Waals surface area (Å²) in [5, 5.41) is 9.46. The Kier molecular flexibility index (Phi) is 7.61. The van der Waals surface area contributed by atoms with Gasteiger partial charge in [-0.2, -0.15) is 0 Å². The highest BCUT2D eigenvalue weighted by atomic mass is 16.5. The lowest BCUT2D eigenvalue weighted by molar-refractivity contribution is -0.119. The van der Waals surface area contributed by atoms with E-state index in [0.29, 0.717) is 19.2 Å². The Bertz CT molecular complexity index is 390. The number of likely N-dealkylation sites (tertiary alicyclic amines) is 1. The van der Waals surface area contributed by atoms with Crippen LogP contribution in [0.2, 0.25) is 0 Å². The molecule has 0 aromatic rings. The van der Waals surface area contributed by atoms with Crippen molar-refractivity contribution in [3.05, 3.63) is 0 Å². The second-order valence-electron chi connectivity index (χ2n) is 6.22. The van der Waals surface area contributed by atoms with Gasteiger partial charge in [-0.05, 0) is 32.6 Å². The van der Waals surface area contributed by atoms with Crippen molar-refractivity contribution in [1.29, 1.82) is 0 Å². The molecule has 1 amide bonds. The van der Waals surface area contributed by atoms with Crippen LogP contribution < -0.4 is 16.0 Å². The number of ether oxygens (including phenoxy) is 1. The highest BCUT2D eigenvalue weighted by Crippen LogP contribution is 2.29. The average Bonchev–Trinajstić information content (AvgIpc) is 3.39. The molecule has 2 aliphatic rings. The van der Waals surface area contributed by atoms with Crippen molar-refractivity contribution in [3.63, 3.8) is 0 Å². The highest BCUT2D eigenvalue weighted by molar-refractivity contribution is 5.85. The first-order valence-corrected chi connectivity index (χ1v) is 8.77. The van der Waals surface area contributed by atoms with Gasteiger partial charge in [-0.1, -0.05) is 0 Å². The van der Waals surface area contributed by atoms with Crippen molar-refractivity contribution in [2.75, 3.05) is 46.4 Å². The van der Waals surface area contributed by atoms with E-state index in [1.54, 1.807) is 7.11 Å². The lowest BCUT2D eigenvalue weighted by Gasteiger charge is -2.33. The predicted molar refractivity (Wildman–Crippen MR) is 91.6 cm³/mol. The Morgan fingerprint density at radius 2 is 1.96 bits per heavy atom. The van der Waals surface area contributed by atoms with E-state index in [9.17, 15) is 4.79 Å². The Labute approximate surface area is 139 Å². The zero-order chi connectivity index (χ0) is 16.5. The molecule has 23 heavy (non-hydrogen) atoms. The molecule has 1 heterocycles. The average molecular weight is 325 g/mol. The van der Waals surface area contributed by atoms with E-state index in [1.807, 2.05) is 6.92 Å². The van der Waals surface area contributed by atoms with Gasteiger partial charge in [-0.15, -0.1) is 0 Å². The third-order valence-corrected chi connectivity index (χ3v) is 4.29. The van der Waals surface area contributed by atoms with E-state index in [-0.39, 0.29) is 12.5 Å². The van der Waals surface area contributed by atoms with Gasteiger partial charge in [0.1, 0.15) is 6.54 Å². The second kappa shape index (κ2) is 9.72. The number of carbonyl (C=O) groups excluding carboxylic acids is 1. The Morgan fingerprint density at radius 1 is 1.22 bits per heavy atom. The van der Waals surface area contributed by atoms with Gasteiger partial charge >= 0.3 is 0 Å². The molecule has 2 fully saturated rings. The molecule has 0 unspecified atom stereocenters. The predicted octanol–water partition coefficient (Wildman–Crippen LogP) is -0.0691. The van der Waals surface area contributed by atoms with Crippen LogP contribution in [0, 0.1) is 0 Å². The summed E-state index contributed by atoms with van der Waals surface area (Å²) in [6, 6.07) is 1.30. The van der Waals surface area contributed by atoms with Crippen molar-refractivity contribution >= 4 is 11.9 Å². The maximum atomic E-state index is 11.7. The molecular weight excluding hydrogens is 294 g/mol. The van der Waals surface area contributed by atoms with Gasteiger partial charge in [0, 0.05) is 45.4 Å². The van der Waals surface area contributed by atoms with Crippen LogP contribution in [0.4, 0.5) is 0 Å². The topological polar surface area (TPSA) is 78.0 Å². The van der Waals surface area contributed by atoms with Crippen LogP contribution in [0.1, 0.15) is 32.6 Å². The first-order chi connectivity index (χ1) is 11.2. The summed E-state index contributed by atoms with van der Waals surface area (Å²) in [7, 11) is 1.62. The van der Waals surface area contributed by atoms with Crippen LogP contribution in [-0.2, 0) is 9.53 Å². The van der Waals surface area contributed by atoms with Crippen LogP contribution in [0.5, 0.6) is 0 Å². The normalized spacial score (nSPS) is 20.3. The van der Waals surface area contributed by atoms with E-state index < -0.39 is 0 Å². The number of nitrogens with one attached hydrogen (secondary N) is 3. The Morgan fingerprint density at radius 3 is 2.57 bits per heavy atom. The monoisotopic (exact) mass is 325 g/mol. The molecular formula is C16H31N5O2. The number of guanidine groups is 1. The fourth-order valence-electron chi connectivity index (χ4n) is 2.86. The minimum absolute atomic E-state index is 0.0807. The highest BCUT2D eigenvalue weighted by Gasteiger charge is 2.31. The van der Waals surface area contributed by atoms with Gasteiger partial charge in [-0.25, -0.2) is 4.99 Å². The molecule has 132 valence electrons. The summed E-state index contributed by atoms with van der Waals surface area (Å²) in [4.78, 5) is 18.7. The van der Waals surface area contributed by atoms with Crippen molar-refractivity contribution in [2.45, 2.75) is 44.7 Å². The van der Waals surface area contributed by atoms with Crippen molar-refractivity contribution in [1.82, 2.24) is 20.9 Å². The zero-order valence-electron chi connectivity index (χ0n) is 14.4. The molecule has 1 aliphatic carbocycles. The molecule has 0 aromatic carbocycles. The van der Waals surface area contributed by atoms with Gasteiger partial charge in [0.15, 0.2) is 5.96 Å². The first kappa shape index (κ1) is 18.0. The van der Waals surface area contributed by atoms with Gasteiger partial charge in [-0.3, -0.25) is 4.79 Å². The lowest BCUT2D eigenvalue weighted by Crippen LogP contribution is -2.49. The number of aliphatic imine (C=N–C) groups is 1. The van der Waals surface area contributed by atoms with Gasteiger partial charge in [0.2, 0.25) is 5.91 Å². The smallest absolute Gasteiger partial charge is 0.241 e. The minimum Gasteiger partial charge on any atom is -0.383 e. The van der Waals surface area contributed by atoms with E-state index in [2.05, 4.69) is 25.8 Å². The number of carbonyl (C=O) groups is 1. The van der Waals surface area contributed by atoms with Crippen LogP contribution in [0.15, 0.2) is 4.99 Å². The number of methoxy groups -OCH3 is 1. The molecule has 0 aromatic heterocycles. The minimum atomic E-state index is -0.0807. The van der Waals surface area contributed by atoms with Gasteiger partial charge < -0.3 is 25.6 Å². The molecule has 0 bridgehead atoms. The molecule has 0 radical (unpaired) electrons. The van der Waals surface area contributed by atoms with Crippen molar-refractivity contribution in [2.24, 2.45) is 4.99 Å².